The number of hydrogen-bond donors (Lipinski definition) is 1. The minimum atomic E-state index is 0.697. The Kier molecular flexibility index (Phi) is 4.84. The first-order chi connectivity index (χ1) is 10.3. The molecule has 0 aromatic carbocycles. The minimum absolute atomic E-state index is 0.697. The van der Waals surface area contributed by atoms with Gasteiger partial charge in [-0.05, 0) is 51.6 Å². The SMILES string of the molecule is CCc1cn(C2CCCC2)c(N2CCC(CNC)CC2)n1. The molecule has 118 valence electrons. The average molecular weight is 290 g/mol. The molecule has 0 spiro atoms. The van der Waals surface area contributed by atoms with Crippen LogP contribution < -0.4 is 10.2 Å². The van der Waals surface area contributed by atoms with Crippen molar-refractivity contribution in [1.29, 1.82) is 0 Å². The normalized spacial score (nSPS) is 21.3. The predicted molar refractivity (Wildman–Crippen MR) is 88.0 cm³/mol. The molecule has 21 heavy (non-hydrogen) atoms. The maximum Gasteiger partial charge on any atom is 0.205 e. The fourth-order valence-corrected chi connectivity index (χ4v) is 3.91. The van der Waals surface area contributed by atoms with Crippen molar-refractivity contribution in [1.82, 2.24) is 14.9 Å². The highest BCUT2D eigenvalue weighted by molar-refractivity contribution is 5.35. The molecular weight excluding hydrogens is 260 g/mol. The van der Waals surface area contributed by atoms with Crippen LogP contribution in [-0.4, -0.2) is 36.2 Å². The highest BCUT2D eigenvalue weighted by Gasteiger charge is 2.26. The predicted octanol–water partition coefficient (Wildman–Crippen LogP) is 3.00. The fourth-order valence-electron chi connectivity index (χ4n) is 3.91. The third kappa shape index (κ3) is 3.25. The zero-order chi connectivity index (χ0) is 14.7. The van der Waals surface area contributed by atoms with Crippen LogP contribution in [0, 0.1) is 5.92 Å². The van der Waals surface area contributed by atoms with E-state index in [2.05, 4.69) is 35.0 Å². The number of nitrogens with zero attached hydrogens (tertiary/aromatic N) is 3. The molecule has 1 saturated heterocycles. The van der Waals surface area contributed by atoms with Crippen molar-refractivity contribution in [3.05, 3.63) is 11.9 Å². The van der Waals surface area contributed by atoms with Gasteiger partial charge in [-0.3, -0.25) is 0 Å². The Morgan fingerprint density at radius 3 is 2.52 bits per heavy atom. The molecule has 4 heteroatoms. The van der Waals surface area contributed by atoms with Crippen molar-refractivity contribution in [3.8, 4) is 0 Å². The Morgan fingerprint density at radius 2 is 1.90 bits per heavy atom. The van der Waals surface area contributed by atoms with Crippen LogP contribution in [-0.2, 0) is 6.42 Å². The molecule has 2 fully saturated rings. The maximum atomic E-state index is 4.94. The van der Waals surface area contributed by atoms with E-state index in [1.54, 1.807) is 0 Å². The summed E-state index contributed by atoms with van der Waals surface area (Å²) in [6.07, 6.45) is 11.4. The van der Waals surface area contributed by atoms with Crippen LogP contribution in [0.2, 0.25) is 0 Å². The highest BCUT2D eigenvalue weighted by Crippen LogP contribution is 2.34. The summed E-state index contributed by atoms with van der Waals surface area (Å²) in [7, 11) is 2.06. The summed E-state index contributed by atoms with van der Waals surface area (Å²) in [4.78, 5) is 7.47. The second-order valence-corrected chi connectivity index (χ2v) is 6.72. The van der Waals surface area contributed by atoms with E-state index in [-0.39, 0.29) is 0 Å². The summed E-state index contributed by atoms with van der Waals surface area (Å²) in [5.41, 5.74) is 1.26. The minimum Gasteiger partial charge on any atom is -0.342 e. The number of anilines is 1. The smallest absolute Gasteiger partial charge is 0.205 e. The zero-order valence-electron chi connectivity index (χ0n) is 13.6. The van der Waals surface area contributed by atoms with E-state index in [1.807, 2.05) is 0 Å². The summed E-state index contributed by atoms with van der Waals surface area (Å²) < 4.78 is 2.50. The number of hydrogen-bond acceptors (Lipinski definition) is 3. The van der Waals surface area contributed by atoms with Gasteiger partial charge in [-0.25, -0.2) is 4.98 Å². The lowest BCUT2D eigenvalue weighted by molar-refractivity contribution is 0.385. The lowest BCUT2D eigenvalue weighted by Crippen LogP contribution is -2.38. The van der Waals surface area contributed by atoms with Crippen molar-refractivity contribution in [2.24, 2.45) is 5.92 Å². The molecule has 0 amide bonds. The van der Waals surface area contributed by atoms with Crippen LogP contribution in [0.5, 0.6) is 0 Å². The van der Waals surface area contributed by atoms with Gasteiger partial charge in [0, 0.05) is 25.3 Å². The van der Waals surface area contributed by atoms with Gasteiger partial charge in [0.25, 0.3) is 0 Å². The van der Waals surface area contributed by atoms with Crippen LogP contribution in [0.4, 0.5) is 5.95 Å². The second kappa shape index (κ2) is 6.82. The van der Waals surface area contributed by atoms with Crippen molar-refractivity contribution in [2.75, 3.05) is 31.6 Å². The summed E-state index contributed by atoms with van der Waals surface area (Å²) in [6, 6.07) is 0.697. The Bertz CT molecular complexity index is 440. The van der Waals surface area contributed by atoms with Gasteiger partial charge >= 0.3 is 0 Å². The van der Waals surface area contributed by atoms with Gasteiger partial charge in [0.15, 0.2) is 0 Å². The van der Waals surface area contributed by atoms with E-state index in [0.717, 1.165) is 18.9 Å². The molecule has 1 aliphatic heterocycles. The maximum absolute atomic E-state index is 4.94. The summed E-state index contributed by atoms with van der Waals surface area (Å²) >= 11 is 0. The van der Waals surface area contributed by atoms with E-state index in [9.17, 15) is 0 Å². The Labute approximate surface area is 128 Å². The fraction of sp³-hybridized carbons (Fsp3) is 0.824. The molecule has 0 atom stereocenters. The van der Waals surface area contributed by atoms with Gasteiger partial charge in [0.2, 0.25) is 5.95 Å². The van der Waals surface area contributed by atoms with Crippen LogP contribution in [0.15, 0.2) is 6.20 Å². The van der Waals surface area contributed by atoms with Crippen molar-refractivity contribution < 1.29 is 0 Å². The molecule has 1 aromatic rings. The van der Waals surface area contributed by atoms with Crippen LogP contribution in [0.1, 0.15) is 57.2 Å². The molecule has 1 saturated carbocycles. The van der Waals surface area contributed by atoms with E-state index in [1.165, 1.54) is 63.3 Å². The van der Waals surface area contributed by atoms with E-state index >= 15 is 0 Å². The van der Waals surface area contributed by atoms with Crippen LogP contribution >= 0.6 is 0 Å². The van der Waals surface area contributed by atoms with Gasteiger partial charge in [-0.15, -0.1) is 0 Å². The quantitative estimate of drug-likeness (QED) is 0.905. The van der Waals surface area contributed by atoms with Gasteiger partial charge in [-0.1, -0.05) is 19.8 Å². The summed E-state index contributed by atoms with van der Waals surface area (Å²) in [5.74, 6) is 2.09. The molecular formula is C17H30N4. The van der Waals surface area contributed by atoms with Gasteiger partial charge < -0.3 is 14.8 Å². The molecule has 0 radical (unpaired) electrons. The zero-order valence-corrected chi connectivity index (χ0v) is 13.6. The second-order valence-electron chi connectivity index (χ2n) is 6.72. The number of aromatic nitrogens is 2. The number of imidazole rings is 1. The summed E-state index contributed by atoms with van der Waals surface area (Å²) in [6.45, 7) is 5.70. The lowest BCUT2D eigenvalue weighted by Gasteiger charge is -2.33. The molecule has 4 nitrogen and oxygen atoms in total. The molecule has 0 bridgehead atoms. The third-order valence-corrected chi connectivity index (χ3v) is 5.23. The molecule has 1 aliphatic carbocycles. The first-order valence-corrected chi connectivity index (χ1v) is 8.79. The number of piperidine rings is 1. The highest BCUT2D eigenvalue weighted by atomic mass is 15.3. The molecule has 0 unspecified atom stereocenters. The largest absolute Gasteiger partial charge is 0.342 e. The third-order valence-electron chi connectivity index (χ3n) is 5.23. The molecule has 2 heterocycles. The summed E-state index contributed by atoms with van der Waals surface area (Å²) in [5, 5.41) is 3.32. The van der Waals surface area contributed by atoms with Crippen molar-refractivity contribution in [3.63, 3.8) is 0 Å². The van der Waals surface area contributed by atoms with Crippen LogP contribution in [0.25, 0.3) is 0 Å². The topological polar surface area (TPSA) is 33.1 Å². The first kappa shape index (κ1) is 14.9. The first-order valence-electron chi connectivity index (χ1n) is 8.79. The number of aryl methyl sites for hydroxylation is 1. The van der Waals surface area contributed by atoms with E-state index < -0.39 is 0 Å². The Hall–Kier alpha value is -1.03. The molecule has 3 rings (SSSR count). The Morgan fingerprint density at radius 1 is 1.19 bits per heavy atom. The Balaban J connectivity index is 1.73. The molecule has 2 aliphatic rings. The van der Waals surface area contributed by atoms with Gasteiger partial charge in [0.05, 0.1) is 5.69 Å². The van der Waals surface area contributed by atoms with E-state index in [4.69, 9.17) is 4.98 Å². The van der Waals surface area contributed by atoms with E-state index in [0.29, 0.717) is 6.04 Å². The van der Waals surface area contributed by atoms with Crippen LogP contribution in [0.3, 0.4) is 0 Å². The van der Waals surface area contributed by atoms with Gasteiger partial charge in [-0.2, -0.15) is 0 Å². The molecule has 1 N–H and O–H groups in total. The monoisotopic (exact) mass is 290 g/mol. The average Bonchev–Trinajstić information content (AvgIpc) is 3.17. The lowest BCUT2D eigenvalue weighted by atomic mass is 9.97. The standard InChI is InChI=1S/C17H30N4/c1-3-15-13-21(16-6-4-5-7-16)17(19-15)20-10-8-14(9-11-20)12-18-2/h13-14,16,18H,3-12H2,1-2H3. The van der Waals surface area contributed by atoms with Crippen molar-refractivity contribution >= 4 is 5.95 Å². The number of nitrogens with one attached hydrogen (secondary N) is 1. The van der Waals surface area contributed by atoms with Gasteiger partial charge in [0.1, 0.15) is 0 Å². The van der Waals surface area contributed by atoms with Crippen molar-refractivity contribution in [2.45, 2.75) is 57.9 Å². The molecule has 1 aromatic heterocycles. The number of rotatable bonds is 5.